The van der Waals surface area contributed by atoms with Crippen LogP contribution in [0.25, 0.3) is 0 Å². The first-order valence-corrected chi connectivity index (χ1v) is 25.4. The summed E-state index contributed by atoms with van der Waals surface area (Å²) >= 11 is 0. The van der Waals surface area contributed by atoms with Gasteiger partial charge in [0, 0.05) is 19.4 Å². The van der Waals surface area contributed by atoms with E-state index in [-0.39, 0.29) is 31.6 Å². The van der Waals surface area contributed by atoms with Crippen molar-refractivity contribution in [3.8, 4) is 0 Å². The summed E-state index contributed by atoms with van der Waals surface area (Å²) in [6.45, 7) is 7.31. The molecule has 0 aromatic rings. The quantitative estimate of drug-likeness (QED) is 0.0347. The minimum absolute atomic E-state index is 0.0234. The number of allylic oxidation sites excluding steroid dienone is 24. The Morgan fingerprint density at radius 2 is 0.688 bits per heavy atom. The molecule has 0 aliphatic carbocycles. The fraction of sp³-hybridized carbons (Fsp3) is 0.559. The molecule has 1 atom stereocenters. The third-order valence-corrected chi connectivity index (χ3v) is 9.86. The molecule has 0 heterocycles. The summed E-state index contributed by atoms with van der Waals surface area (Å²) in [6, 6.07) is 0. The normalized spacial score (nSPS) is 13.5. The van der Waals surface area contributed by atoms with Crippen molar-refractivity contribution in [1.29, 1.82) is 0 Å². The SMILES string of the molecule is CC/C=C\C/C=C\C/C=C\C/C=C\C/C=C\CCCCCC(=O)OCC(COCCCCCCCC/C=C\C/C=C\C/C=C\CC)OC(=O)CC/C=C\C/C=C\C/C=C\C/C=C\CC. The Bertz CT molecular complexity index is 1410. The molecule has 0 saturated heterocycles. The molecule has 0 bridgehead atoms. The maximum Gasteiger partial charge on any atom is 0.306 e. The summed E-state index contributed by atoms with van der Waals surface area (Å²) < 4.78 is 17.3. The molecule has 0 aromatic carbocycles. The van der Waals surface area contributed by atoms with Gasteiger partial charge in [-0.2, -0.15) is 0 Å². The predicted octanol–water partition coefficient (Wildman–Crippen LogP) is 17.3. The summed E-state index contributed by atoms with van der Waals surface area (Å²) in [4.78, 5) is 25.4. The highest BCUT2D eigenvalue weighted by atomic mass is 16.6. The Labute approximate surface area is 393 Å². The molecule has 0 aliphatic rings. The van der Waals surface area contributed by atoms with Crippen LogP contribution in [0, 0.1) is 0 Å². The molecule has 0 N–H and O–H groups in total. The van der Waals surface area contributed by atoms with Crippen LogP contribution in [0.5, 0.6) is 0 Å². The summed E-state index contributed by atoms with van der Waals surface area (Å²) in [5, 5.41) is 0. The van der Waals surface area contributed by atoms with Gasteiger partial charge in [-0.05, 0) is 122 Å². The van der Waals surface area contributed by atoms with E-state index in [4.69, 9.17) is 14.2 Å². The van der Waals surface area contributed by atoms with E-state index < -0.39 is 6.10 Å². The van der Waals surface area contributed by atoms with Gasteiger partial charge in [-0.3, -0.25) is 9.59 Å². The van der Waals surface area contributed by atoms with Crippen LogP contribution in [-0.2, 0) is 23.8 Å². The second kappa shape index (κ2) is 53.1. The largest absolute Gasteiger partial charge is 0.462 e. The lowest BCUT2D eigenvalue weighted by Crippen LogP contribution is -2.30. The second-order valence-electron chi connectivity index (χ2n) is 15.9. The third kappa shape index (κ3) is 50.4. The Balaban J connectivity index is 4.46. The van der Waals surface area contributed by atoms with E-state index in [9.17, 15) is 9.59 Å². The highest BCUT2D eigenvalue weighted by Gasteiger charge is 2.17. The van der Waals surface area contributed by atoms with Gasteiger partial charge in [0.25, 0.3) is 0 Å². The van der Waals surface area contributed by atoms with Crippen molar-refractivity contribution in [2.24, 2.45) is 0 Å². The maximum absolute atomic E-state index is 12.7. The van der Waals surface area contributed by atoms with E-state index in [1.54, 1.807) is 0 Å². The van der Waals surface area contributed by atoms with Crippen molar-refractivity contribution in [2.45, 2.75) is 194 Å². The second-order valence-corrected chi connectivity index (χ2v) is 15.9. The van der Waals surface area contributed by atoms with Gasteiger partial charge in [-0.1, -0.05) is 199 Å². The van der Waals surface area contributed by atoms with Crippen molar-refractivity contribution in [3.05, 3.63) is 146 Å². The first-order valence-electron chi connectivity index (χ1n) is 25.4. The van der Waals surface area contributed by atoms with Crippen molar-refractivity contribution in [2.75, 3.05) is 19.8 Å². The number of hydrogen-bond acceptors (Lipinski definition) is 5. The maximum atomic E-state index is 12.7. The van der Waals surface area contributed by atoms with E-state index in [2.05, 4.69) is 161 Å². The highest BCUT2D eigenvalue weighted by molar-refractivity contribution is 5.70. The number of carbonyl (C=O) groups is 2. The minimum Gasteiger partial charge on any atom is -0.462 e. The van der Waals surface area contributed by atoms with E-state index in [0.717, 1.165) is 122 Å². The van der Waals surface area contributed by atoms with Crippen LogP contribution >= 0.6 is 0 Å². The summed E-state index contributed by atoms with van der Waals surface area (Å²) in [6.07, 6.45) is 77.3. The van der Waals surface area contributed by atoms with Crippen LogP contribution in [0.3, 0.4) is 0 Å². The van der Waals surface area contributed by atoms with Gasteiger partial charge in [0.2, 0.25) is 0 Å². The van der Waals surface area contributed by atoms with Crippen LogP contribution < -0.4 is 0 Å². The first-order chi connectivity index (χ1) is 31.6. The van der Waals surface area contributed by atoms with Crippen LogP contribution in [0.1, 0.15) is 188 Å². The molecule has 1 unspecified atom stereocenters. The highest BCUT2D eigenvalue weighted by Crippen LogP contribution is 2.10. The Morgan fingerprint density at radius 3 is 1.11 bits per heavy atom. The molecule has 0 radical (unpaired) electrons. The molecule has 0 amide bonds. The molecule has 64 heavy (non-hydrogen) atoms. The summed E-state index contributed by atoms with van der Waals surface area (Å²) in [7, 11) is 0. The lowest BCUT2D eigenvalue weighted by Gasteiger charge is -2.18. The van der Waals surface area contributed by atoms with Gasteiger partial charge in [0.05, 0.1) is 6.61 Å². The molecule has 0 aromatic heterocycles. The standard InChI is InChI=1S/C59H92O5/c1-4-7-10-13-16-19-22-25-27-29-30-31-32-35-37-40-43-46-49-52-58(60)63-56-57(64-59(61)53-50-47-44-41-38-34-24-21-18-15-12-9-6-3)55-62-54-51-48-45-42-39-36-33-28-26-23-20-17-14-11-8-5-2/h7-12,16-21,25-28,30-31,34-35,37-38,44,47,57H,4-6,13-15,22-24,29,32-33,36,39-43,45-46,48-56H2,1-3H3/b10-7-,11-8-,12-9-,19-16-,20-17-,21-18-,27-25-,28-26-,31-30-,37-35-,38-34-,47-44-. The lowest BCUT2D eigenvalue weighted by atomic mass is 10.1. The van der Waals surface area contributed by atoms with Crippen molar-refractivity contribution < 1.29 is 23.8 Å². The Hall–Kier alpha value is -4.22. The molecule has 0 aliphatic heterocycles. The molecule has 5 heteroatoms. The van der Waals surface area contributed by atoms with Crippen LogP contribution in [0.2, 0.25) is 0 Å². The smallest absolute Gasteiger partial charge is 0.306 e. The number of unbranched alkanes of at least 4 members (excludes halogenated alkanes) is 9. The molecule has 0 rings (SSSR count). The topological polar surface area (TPSA) is 61.8 Å². The zero-order chi connectivity index (χ0) is 46.3. The monoisotopic (exact) mass is 881 g/mol. The third-order valence-electron chi connectivity index (χ3n) is 9.86. The minimum atomic E-state index is -0.606. The van der Waals surface area contributed by atoms with Gasteiger partial charge in [-0.25, -0.2) is 0 Å². The Morgan fingerprint density at radius 1 is 0.344 bits per heavy atom. The fourth-order valence-corrected chi connectivity index (χ4v) is 6.21. The zero-order valence-electron chi connectivity index (χ0n) is 41.0. The average molecular weight is 881 g/mol. The molecular formula is C59H92O5. The number of esters is 2. The molecule has 358 valence electrons. The van der Waals surface area contributed by atoms with Crippen molar-refractivity contribution >= 4 is 11.9 Å². The molecule has 0 spiro atoms. The van der Waals surface area contributed by atoms with Gasteiger partial charge in [-0.15, -0.1) is 0 Å². The average Bonchev–Trinajstić information content (AvgIpc) is 3.30. The molecule has 0 saturated carbocycles. The Kier molecular flexibility index (Phi) is 49.6. The van der Waals surface area contributed by atoms with Gasteiger partial charge < -0.3 is 14.2 Å². The lowest BCUT2D eigenvalue weighted by molar-refractivity contribution is -0.162. The molecular weight excluding hydrogens is 789 g/mol. The van der Waals surface area contributed by atoms with Gasteiger partial charge in [0.15, 0.2) is 6.10 Å². The van der Waals surface area contributed by atoms with Crippen molar-refractivity contribution in [1.82, 2.24) is 0 Å². The van der Waals surface area contributed by atoms with E-state index in [1.807, 2.05) is 6.08 Å². The summed E-state index contributed by atoms with van der Waals surface area (Å²) in [5.41, 5.74) is 0. The predicted molar refractivity (Wildman–Crippen MR) is 278 cm³/mol. The van der Waals surface area contributed by atoms with Crippen molar-refractivity contribution in [3.63, 3.8) is 0 Å². The van der Waals surface area contributed by atoms with Crippen LogP contribution in [0.15, 0.2) is 146 Å². The number of hydrogen-bond donors (Lipinski definition) is 0. The number of carbonyl (C=O) groups excluding carboxylic acids is 2. The molecule has 0 fully saturated rings. The van der Waals surface area contributed by atoms with Gasteiger partial charge in [0.1, 0.15) is 6.61 Å². The van der Waals surface area contributed by atoms with E-state index in [1.165, 1.54) is 25.7 Å². The van der Waals surface area contributed by atoms with E-state index >= 15 is 0 Å². The zero-order valence-corrected chi connectivity index (χ0v) is 41.0. The first kappa shape index (κ1) is 59.8. The van der Waals surface area contributed by atoms with E-state index in [0.29, 0.717) is 19.4 Å². The number of rotatable bonds is 44. The molecule has 5 nitrogen and oxygen atoms in total. The number of ether oxygens (including phenoxy) is 3. The van der Waals surface area contributed by atoms with Gasteiger partial charge >= 0.3 is 11.9 Å². The van der Waals surface area contributed by atoms with Crippen LogP contribution in [0.4, 0.5) is 0 Å². The fourth-order valence-electron chi connectivity index (χ4n) is 6.21. The van der Waals surface area contributed by atoms with Crippen LogP contribution in [-0.4, -0.2) is 37.9 Å². The summed E-state index contributed by atoms with van der Waals surface area (Å²) in [5.74, 6) is -0.549.